The van der Waals surface area contributed by atoms with Crippen molar-refractivity contribution in [2.75, 3.05) is 13.1 Å². The van der Waals surface area contributed by atoms with Gasteiger partial charge in [0.25, 0.3) is 0 Å². The van der Waals surface area contributed by atoms with Crippen LogP contribution in [0.5, 0.6) is 5.88 Å². The van der Waals surface area contributed by atoms with Crippen LogP contribution in [-0.4, -0.2) is 48.1 Å². The lowest BCUT2D eigenvalue weighted by Gasteiger charge is -2.08. The summed E-state index contributed by atoms with van der Waals surface area (Å²) in [5, 5.41) is 18.3. The smallest absolute Gasteiger partial charge is 0.222 e. The fraction of sp³-hybridized carbons (Fsp3) is 0.286. The van der Waals surface area contributed by atoms with Crippen LogP contribution in [0.1, 0.15) is 49.4 Å². The Morgan fingerprint density at radius 2 is 1.30 bits per heavy atom. The number of rotatable bonds is 5. The number of H-pyrrole nitrogens is 2. The Morgan fingerprint density at radius 3 is 1.92 bits per heavy atom. The van der Waals surface area contributed by atoms with Crippen molar-refractivity contribution in [1.82, 2.24) is 40.5 Å². The van der Waals surface area contributed by atoms with E-state index in [4.69, 9.17) is 4.98 Å². The summed E-state index contributed by atoms with van der Waals surface area (Å²) in [6, 6.07) is 14.4. The van der Waals surface area contributed by atoms with E-state index in [1.165, 1.54) is 6.42 Å². The molecule has 0 unspecified atom stereocenters. The van der Waals surface area contributed by atoms with Crippen molar-refractivity contribution in [1.29, 1.82) is 0 Å². The van der Waals surface area contributed by atoms with E-state index in [0.29, 0.717) is 22.8 Å². The second-order valence-corrected chi connectivity index (χ2v) is 9.84. The Morgan fingerprint density at radius 1 is 0.703 bits per heavy atom. The average molecular weight is 493 g/mol. The zero-order chi connectivity index (χ0) is 24.8. The molecule has 2 atom stereocenters. The van der Waals surface area contributed by atoms with Gasteiger partial charge in [-0.05, 0) is 56.5 Å². The van der Waals surface area contributed by atoms with E-state index in [-0.39, 0.29) is 11.9 Å². The van der Waals surface area contributed by atoms with Crippen LogP contribution in [0, 0.1) is 0 Å². The van der Waals surface area contributed by atoms with Gasteiger partial charge in [0.2, 0.25) is 5.88 Å². The number of benzene rings is 2. The van der Waals surface area contributed by atoms with Gasteiger partial charge in [0.1, 0.15) is 11.6 Å². The van der Waals surface area contributed by atoms with Crippen LogP contribution in [0.25, 0.3) is 44.8 Å². The minimum atomic E-state index is -0.0367. The fourth-order valence-electron chi connectivity index (χ4n) is 5.36. The van der Waals surface area contributed by atoms with E-state index in [9.17, 15) is 5.11 Å². The highest BCUT2D eigenvalue weighted by molar-refractivity contribution is 5.89. The minimum absolute atomic E-state index is 0.0367. The van der Waals surface area contributed by atoms with Gasteiger partial charge in [-0.2, -0.15) is 4.98 Å². The molecule has 5 aromatic rings. The third-order valence-electron chi connectivity index (χ3n) is 7.41. The summed E-state index contributed by atoms with van der Waals surface area (Å²) in [5.74, 6) is 2.39. The molecule has 2 aliphatic rings. The molecule has 0 amide bonds. The Labute approximate surface area is 213 Å². The summed E-state index contributed by atoms with van der Waals surface area (Å²) in [6.45, 7) is 2.06. The first-order chi connectivity index (χ1) is 18.2. The maximum Gasteiger partial charge on any atom is 0.222 e. The first kappa shape index (κ1) is 22.1. The molecule has 5 heterocycles. The second-order valence-electron chi connectivity index (χ2n) is 9.84. The third kappa shape index (κ3) is 4.16. The van der Waals surface area contributed by atoms with Crippen LogP contribution in [0.3, 0.4) is 0 Å². The van der Waals surface area contributed by atoms with Gasteiger partial charge in [0.05, 0.1) is 46.8 Å². The summed E-state index contributed by atoms with van der Waals surface area (Å²) < 4.78 is 0. The van der Waals surface area contributed by atoms with E-state index >= 15 is 0 Å². The molecule has 0 radical (unpaired) electrons. The first-order valence-corrected chi connectivity index (χ1v) is 12.9. The number of hydrogen-bond donors (Lipinski definition) is 5. The maximum atomic E-state index is 10.8. The zero-order valence-corrected chi connectivity index (χ0v) is 20.3. The van der Waals surface area contributed by atoms with Gasteiger partial charge in [0, 0.05) is 11.1 Å². The number of nitrogens with one attached hydrogen (secondary N) is 4. The van der Waals surface area contributed by atoms with Crippen molar-refractivity contribution < 1.29 is 5.11 Å². The first-order valence-electron chi connectivity index (χ1n) is 12.9. The van der Waals surface area contributed by atoms with Crippen LogP contribution in [0.2, 0.25) is 0 Å². The largest absolute Gasteiger partial charge is 0.493 e. The minimum Gasteiger partial charge on any atom is -0.493 e. The molecule has 2 aliphatic heterocycles. The van der Waals surface area contributed by atoms with Gasteiger partial charge in [-0.25, -0.2) is 15.0 Å². The summed E-state index contributed by atoms with van der Waals surface area (Å²) in [5.41, 5.74) is 5.40. The van der Waals surface area contributed by atoms with Crippen LogP contribution in [-0.2, 0) is 0 Å². The SMILES string of the molecule is Oc1nc(-c2ccc(-c3cnc([C@@H]4CCCN4)[nH]3)cc2)nc2ccc(-c3cnc([C@@H]4CCCN4)[nH]3)cc12. The summed E-state index contributed by atoms with van der Waals surface area (Å²) in [4.78, 5) is 25.1. The number of aromatic hydroxyl groups is 1. The molecule has 2 aromatic carbocycles. The molecule has 0 spiro atoms. The van der Waals surface area contributed by atoms with Crippen molar-refractivity contribution in [3.05, 3.63) is 66.5 Å². The van der Waals surface area contributed by atoms with E-state index in [2.05, 4.69) is 35.6 Å². The number of hydrogen-bond acceptors (Lipinski definition) is 7. The highest BCUT2D eigenvalue weighted by Crippen LogP contribution is 2.31. The summed E-state index contributed by atoms with van der Waals surface area (Å²) in [7, 11) is 0. The topological polar surface area (TPSA) is 127 Å². The lowest BCUT2D eigenvalue weighted by atomic mass is 10.1. The second kappa shape index (κ2) is 9.10. The van der Waals surface area contributed by atoms with Crippen molar-refractivity contribution in [3.63, 3.8) is 0 Å². The van der Waals surface area contributed by atoms with E-state index < -0.39 is 0 Å². The number of nitrogens with zero attached hydrogens (tertiary/aromatic N) is 4. The van der Waals surface area contributed by atoms with Gasteiger partial charge in [-0.15, -0.1) is 0 Å². The lowest BCUT2D eigenvalue weighted by molar-refractivity contribution is 0.460. The molecule has 186 valence electrons. The van der Waals surface area contributed by atoms with Gasteiger partial charge < -0.3 is 25.7 Å². The van der Waals surface area contributed by atoms with E-state index in [0.717, 1.165) is 72.1 Å². The van der Waals surface area contributed by atoms with Gasteiger partial charge in [0.15, 0.2) is 5.82 Å². The average Bonchev–Trinajstić information content (AvgIpc) is 3.75. The fourth-order valence-corrected chi connectivity index (χ4v) is 5.36. The molecular weight excluding hydrogens is 464 g/mol. The highest BCUT2D eigenvalue weighted by atomic mass is 16.3. The highest BCUT2D eigenvalue weighted by Gasteiger charge is 2.21. The molecule has 0 aliphatic carbocycles. The van der Waals surface area contributed by atoms with Gasteiger partial charge in [-0.1, -0.05) is 30.3 Å². The Balaban J connectivity index is 1.14. The Bertz CT molecular complexity index is 1560. The molecule has 37 heavy (non-hydrogen) atoms. The monoisotopic (exact) mass is 492 g/mol. The number of fused-ring (bicyclic) bond motifs is 1. The number of aromatic nitrogens is 6. The summed E-state index contributed by atoms with van der Waals surface area (Å²) >= 11 is 0. The molecule has 9 nitrogen and oxygen atoms in total. The standard InChI is InChI=1S/C28H28N8O/c37-28-19-13-18(24-15-32-27(35-24)22-4-2-12-30-22)9-10-20(19)33-25(36-28)17-7-5-16(6-8-17)23-14-31-26(34-23)21-3-1-11-29-21/h5-10,13-15,21-22,29-30H,1-4,11-12H2,(H,31,34)(H,32,35)(H,33,36,37)/t21-,22-/m0/s1. The van der Waals surface area contributed by atoms with Crippen LogP contribution in [0.15, 0.2) is 54.9 Å². The predicted molar refractivity (Wildman–Crippen MR) is 142 cm³/mol. The zero-order valence-electron chi connectivity index (χ0n) is 20.3. The maximum absolute atomic E-state index is 10.8. The number of imidazole rings is 2. The molecule has 0 bridgehead atoms. The van der Waals surface area contributed by atoms with Crippen molar-refractivity contribution in [2.24, 2.45) is 0 Å². The quantitative estimate of drug-likeness (QED) is 0.242. The van der Waals surface area contributed by atoms with Gasteiger partial charge >= 0.3 is 0 Å². The van der Waals surface area contributed by atoms with Crippen LogP contribution >= 0.6 is 0 Å². The van der Waals surface area contributed by atoms with Crippen molar-refractivity contribution >= 4 is 10.9 Å². The van der Waals surface area contributed by atoms with E-state index in [1.807, 2.05) is 54.9 Å². The molecule has 7 rings (SSSR count). The van der Waals surface area contributed by atoms with Crippen molar-refractivity contribution in [2.45, 2.75) is 37.8 Å². The van der Waals surface area contributed by atoms with Gasteiger partial charge in [-0.3, -0.25) is 0 Å². The molecule has 3 aromatic heterocycles. The normalized spacial score (nSPS) is 19.7. The molecular formula is C28H28N8O. The molecule has 5 N–H and O–H groups in total. The third-order valence-corrected chi connectivity index (χ3v) is 7.41. The molecule has 0 saturated carbocycles. The molecule has 2 saturated heterocycles. The Hall–Kier alpha value is -4.08. The predicted octanol–water partition coefficient (Wildman–Crippen LogP) is 4.63. The lowest BCUT2D eigenvalue weighted by Crippen LogP contribution is -2.14. The van der Waals surface area contributed by atoms with E-state index in [1.54, 1.807) is 0 Å². The van der Waals surface area contributed by atoms with Crippen LogP contribution in [0.4, 0.5) is 0 Å². The van der Waals surface area contributed by atoms with Crippen LogP contribution < -0.4 is 10.6 Å². The van der Waals surface area contributed by atoms with Crippen molar-refractivity contribution in [3.8, 4) is 39.8 Å². The number of aromatic amines is 2. The summed E-state index contributed by atoms with van der Waals surface area (Å²) in [6.07, 6.45) is 8.26. The Kier molecular flexibility index (Phi) is 5.44. The molecule has 2 fully saturated rings. The molecule has 9 heteroatoms.